The molecule has 3 aromatic rings. The largest absolute Gasteiger partial charge is 0.433 e. The molecule has 0 saturated heterocycles. The lowest BCUT2D eigenvalue weighted by atomic mass is 10.2. The Morgan fingerprint density at radius 3 is 2.55 bits per heavy atom. The zero-order valence-electron chi connectivity index (χ0n) is 16.7. The summed E-state index contributed by atoms with van der Waals surface area (Å²) in [5.41, 5.74) is 0.841. The van der Waals surface area contributed by atoms with Crippen LogP contribution in [0.5, 0.6) is 5.75 Å². The first-order valence-electron chi connectivity index (χ1n) is 9.79. The van der Waals surface area contributed by atoms with Gasteiger partial charge in [0.2, 0.25) is 5.95 Å². The third-order valence-corrected chi connectivity index (χ3v) is 4.93. The van der Waals surface area contributed by atoms with Crippen LogP contribution in [-0.4, -0.2) is 43.4 Å². The molecule has 1 fully saturated rings. The van der Waals surface area contributed by atoms with Gasteiger partial charge in [0.1, 0.15) is 11.6 Å². The van der Waals surface area contributed by atoms with Crippen LogP contribution in [0.25, 0.3) is 5.69 Å². The minimum absolute atomic E-state index is 0.103. The summed E-state index contributed by atoms with van der Waals surface area (Å²) < 4.78 is 30.4. The van der Waals surface area contributed by atoms with Crippen LogP contribution in [-0.2, 0) is 0 Å². The number of ether oxygens (including phenoxy) is 1. The molecule has 1 saturated carbocycles. The normalized spacial score (nSPS) is 18.2. The number of aromatic nitrogens is 5. The summed E-state index contributed by atoms with van der Waals surface area (Å²) >= 11 is 0. The summed E-state index contributed by atoms with van der Waals surface area (Å²) in [5, 5.41) is 14.7. The monoisotopic (exact) mass is 429 g/mol. The van der Waals surface area contributed by atoms with Crippen molar-refractivity contribution < 1.29 is 13.5 Å². The Morgan fingerprint density at radius 1 is 1.06 bits per heavy atom. The number of alkyl halides is 2. The molecule has 0 aliphatic heterocycles. The minimum Gasteiger partial charge on any atom is -0.433 e. The van der Waals surface area contributed by atoms with Crippen molar-refractivity contribution in [2.45, 2.75) is 44.9 Å². The molecule has 3 heterocycles. The van der Waals surface area contributed by atoms with E-state index in [2.05, 4.69) is 35.5 Å². The van der Waals surface area contributed by atoms with Gasteiger partial charge in [-0.1, -0.05) is 0 Å². The molecular weight excluding hydrogens is 408 g/mol. The van der Waals surface area contributed by atoms with Crippen molar-refractivity contribution in [2.75, 3.05) is 10.6 Å². The summed E-state index contributed by atoms with van der Waals surface area (Å²) in [7, 11) is 0. The Labute approximate surface area is 176 Å². The fraction of sp³-hybridized carbons (Fsp3) is 0.350. The molecule has 0 aromatic carbocycles. The van der Waals surface area contributed by atoms with E-state index in [1.54, 1.807) is 18.3 Å². The maximum Gasteiger partial charge on any atom is 0.387 e. The van der Waals surface area contributed by atoms with Gasteiger partial charge < -0.3 is 15.4 Å². The van der Waals surface area contributed by atoms with Gasteiger partial charge in [0.25, 0.3) is 5.56 Å². The average Bonchev–Trinajstić information content (AvgIpc) is 3.18. The molecule has 1 unspecified atom stereocenters. The molecular formula is C20H21F2N7O2. The summed E-state index contributed by atoms with van der Waals surface area (Å²) in [6.45, 7) is -1.13. The van der Waals surface area contributed by atoms with E-state index in [1.165, 1.54) is 29.1 Å². The number of hydrogen-bond acceptors (Lipinski definition) is 8. The molecule has 2 N–H and O–H groups in total. The fourth-order valence-electron chi connectivity index (χ4n) is 3.49. The van der Waals surface area contributed by atoms with Crippen molar-refractivity contribution in [2.24, 2.45) is 0 Å². The van der Waals surface area contributed by atoms with Crippen molar-refractivity contribution in [3.8, 4) is 11.4 Å². The summed E-state index contributed by atoms with van der Waals surface area (Å²) in [6, 6.07) is 6.27. The molecule has 3 aromatic heterocycles. The quantitative estimate of drug-likeness (QED) is 0.591. The number of pyridine rings is 2. The second-order valence-corrected chi connectivity index (χ2v) is 7.27. The maximum atomic E-state index is 12.4. The van der Waals surface area contributed by atoms with Crippen LogP contribution in [0.15, 0.2) is 47.7 Å². The van der Waals surface area contributed by atoms with Crippen LogP contribution in [0.2, 0.25) is 0 Å². The van der Waals surface area contributed by atoms with Gasteiger partial charge in [0, 0.05) is 18.2 Å². The summed E-state index contributed by atoms with van der Waals surface area (Å²) in [6.07, 6.45) is 7.17. The standard InChI is InChI=1S/C20H21F2N7O2/c1-12-9-24-20(28-27-12)26-14-3-2-13(8-14)25-17-6-4-15(10-23-17)29-11-16(31-19(21)22)5-7-18(29)30/h4-7,9-11,13-14,19H,2-3,8H2,1H3,(H,23,25)(H,24,26,28)/t13-,14?/m0/s1. The van der Waals surface area contributed by atoms with E-state index in [1.807, 2.05) is 6.92 Å². The molecule has 11 heteroatoms. The SMILES string of the molecule is Cc1cnc(NC2CC[C@H](Nc3ccc(-n4cc(OC(F)F)ccc4=O)cn3)C2)nn1. The Morgan fingerprint density at radius 2 is 1.87 bits per heavy atom. The van der Waals surface area contributed by atoms with Crippen LogP contribution < -0.4 is 20.9 Å². The number of rotatable bonds is 7. The van der Waals surface area contributed by atoms with Gasteiger partial charge in [0.15, 0.2) is 0 Å². The molecule has 0 radical (unpaired) electrons. The molecule has 0 amide bonds. The number of anilines is 2. The topological polar surface area (TPSA) is 107 Å². The maximum absolute atomic E-state index is 12.4. The number of hydrogen-bond donors (Lipinski definition) is 2. The third kappa shape index (κ3) is 5.30. The zero-order valence-corrected chi connectivity index (χ0v) is 16.7. The average molecular weight is 429 g/mol. The number of aryl methyl sites for hydroxylation is 1. The van der Waals surface area contributed by atoms with Crippen molar-refractivity contribution >= 4 is 11.8 Å². The van der Waals surface area contributed by atoms with Gasteiger partial charge in [0.05, 0.1) is 30.0 Å². The van der Waals surface area contributed by atoms with Crippen molar-refractivity contribution in [1.82, 2.24) is 24.7 Å². The lowest BCUT2D eigenvalue weighted by Gasteiger charge is -2.15. The van der Waals surface area contributed by atoms with Crippen molar-refractivity contribution in [1.29, 1.82) is 0 Å². The van der Waals surface area contributed by atoms with Gasteiger partial charge >= 0.3 is 6.61 Å². The number of nitrogens with one attached hydrogen (secondary N) is 2. The molecule has 0 bridgehead atoms. The van der Waals surface area contributed by atoms with Crippen LogP contribution >= 0.6 is 0 Å². The highest BCUT2D eigenvalue weighted by Crippen LogP contribution is 2.24. The highest BCUT2D eigenvalue weighted by Gasteiger charge is 2.25. The number of nitrogens with zero attached hydrogens (tertiary/aromatic N) is 5. The second kappa shape index (κ2) is 9.02. The molecule has 162 valence electrons. The van der Waals surface area contributed by atoms with Crippen molar-refractivity contribution in [3.05, 3.63) is 58.9 Å². The highest BCUT2D eigenvalue weighted by molar-refractivity contribution is 5.42. The van der Waals surface area contributed by atoms with E-state index >= 15 is 0 Å². The molecule has 1 aliphatic rings. The van der Waals surface area contributed by atoms with Gasteiger partial charge in [-0.25, -0.2) is 9.97 Å². The van der Waals surface area contributed by atoms with Crippen LogP contribution in [0.1, 0.15) is 25.0 Å². The van der Waals surface area contributed by atoms with Gasteiger partial charge in [-0.05, 0) is 44.4 Å². The predicted molar refractivity (Wildman–Crippen MR) is 110 cm³/mol. The minimum atomic E-state index is -2.96. The van der Waals surface area contributed by atoms with Gasteiger partial charge in [-0.15, -0.1) is 5.10 Å². The van der Waals surface area contributed by atoms with Crippen LogP contribution in [0, 0.1) is 6.92 Å². The van der Waals surface area contributed by atoms with E-state index in [9.17, 15) is 13.6 Å². The molecule has 2 atom stereocenters. The highest BCUT2D eigenvalue weighted by atomic mass is 19.3. The van der Waals surface area contributed by atoms with Gasteiger partial charge in [-0.3, -0.25) is 9.36 Å². The Balaban J connectivity index is 1.37. The van der Waals surface area contributed by atoms with E-state index < -0.39 is 6.61 Å². The van der Waals surface area contributed by atoms with E-state index in [-0.39, 0.29) is 23.4 Å². The van der Waals surface area contributed by atoms with E-state index in [0.29, 0.717) is 17.5 Å². The van der Waals surface area contributed by atoms with E-state index in [0.717, 1.165) is 25.0 Å². The molecule has 0 spiro atoms. The second-order valence-electron chi connectivity index (χ2n) is 7.27. The first-order chi connectivity index (χ1) is 15.0. The predicted octanol–water partition coefficient (Wildman–Crippen LogP) is 2.77. The summed E-state index contributed by atoms with van der Waals surface area (Å²) in [5.74, 6) is 1.08. The first kappa shape index (κ1) is 20.6. The lowest BCUT2D eigenvalue weighted by Crippen LogP contribution is -2.22. The third-order valence-electron chi connectivity index (χ3n) is 4.93. The Bertz CT molecular complexity index is 1070. The first-order valence-corrected chi connectivity index (χ1v) is 9.79. The van der Waals surface area contributed by atoms with E-state index in [4.69, 9.17) is 0 Å². The molecule has 31 heavy (non-hydrogen) atoms. The molecule has 1 aliphatic carbocycles. The van der Waals surface area contributed by atoms with Crippen molar-refractivity contribution in [3.63, 3.8) is 0 Å². The van der Waals surface area contributed by atoms with Crippen LogP contribution in [0.4, 0.5) is 20.5 Å². The van der Waals surface area contributed by atoms with Crippen LogP contribution in [0.3, 0.4) is 0 Å². The smallest absolute Gasteiger partial charge is 0.387 e. The van der Waals surface area contributed by atoms with Gasteiger partial charge in [-0.2, -0.15) is 13.9 Å². The number of halogens is 2. The summed E-state index contributed by atoms with van der Waals surface area (Å²) in [4.78, 5) is 20.7. The zero-order chi connectivity index (χ0) is 21.8. The Kier molecular flexibility index (Phi) is 6.01. The molecule has 4 rings (SSSR count). The fourth-order valence-corrected chi connectivity index (χ4v) is 3.49. The molecule has 9 nitrogen and oxygen atoms in total. The Hall–Kier alpha value is -3.63. The lowest BCUT2D eigenvalue weighted by molar-refractivity contribution is -0.0502.